The monoisotopic (exact) mass is 159 g/mol. The molecule has 1 aliphatic heterocycles. The summed E-state index contributed by atoms with van der Waals surface area (Å²) >= 11 is 1.55. The average Bonchev–Trinajstić information content (AvgIpc) is 2.31. The zero-order valence-corrected chi connectivity index (χ0v) is 6.50. The topological polar surface area (TPSA) is 29.5 Å². The Hall–Kier alpha value is -0.480. The van der Waals surface area contributed by atoms with Gasteiger partial charge >= 0.3 is 0 Å². The maximum absolute atomic E-state index is 9.90. The van der Waals surface area contributed by atoms with E-state index in [-0.39, 0.29) is 12.2 Å². The Morgan fingerprint density at radius 2 is 2.70 bits per heavy atom. The zero-order chi connectivity index (χ0) is 7.40. The molecule has 0 aromatic carbocycles. The molecule has 0 aromatic rings. The third kappa shape index (κ3) is 1.75. The molecule has 3 nitrogen and oxygen atoms in total. The van der Waals surface area contributed by atoms with Gasteiger partial charge in [-0.05, 0) is 5.41 Å². The fourth-order valence-electron chi connectivity index (χ4n) is 0.643. The molecule has 0 saturated heterocycles. The second-order valence-electron chi connectivity index (χ2n) is 1.89. The molecule has 4 heteroatoms. The highest BCUT2D eigenvalue weighted by Gasteiger charge is 2.15. The van der Waals surface area contributed by atoms with Crippen LogP contribution in [0, 0.1) is 0 Å². The summed E-state index contributed by atoms with van der Waals surface area (Å²) in [7, 11) is 1.91. The molecule has 0 radical (unpaired) electrons. The summed E-state index contributed by atoms with van der Waals surface area (Å²) in [6.07, 6.45) is 2.67. The van der Waals surface area contributed by atoms with E-state index in [0.717, 1.165) is 6.29 Å². The van der Waals surface area contributed by atoms with Crippen LogP contribution in [0.1, 0.15) is 0 Å². The fraction of sp³-hybridized carbons (Fsp3) is 0.500. The van der Waals surface area contributed by atoms with Crippen LogP contribution in [-0.2, 0) is 9.53 Å². The van der Waals surface area contributed by atoms with Crippen molar-refractivity contribution in [2.45, 2.75) is 5.56 Å². The number of carbonyl (C=O) groups is 1. The molecule has 1 aliphatic rings. The first-order valence-electron chi connectivity index (χ1n) is 2.94. The van der Waals surface area contributed by atoms with Crippen molar-refractivity contribution in [2.24, 2.45) is 0 Å². The van der Waals surface area contributed by atoms with Crippen LogP contribution in [0.5, 0.6) is 0 Å². The Morgan fingerprint density at radius 3 is 3.20 bits per heavy atom. The SMILES string of the molecule is CN1C=CSC1OCC=O. The number of ether oxygens (including phenoxy) is 1. The number of nitrogens with zero attached hydrogens (tertiary/aromatic N) is 1. The molecule has 1 heterocycles. The van der Waals surface area contributed by atoms with Crippen LogP contribution < -0.4 is 0 Å². The van der Waals surface area contributed by atoms with E-state index in [1.165, 1.54) is 0 Å². The van der Waals surface area contributed by atoms with Gasteiger partial charge in [0.2, 0.25) is 0 Å². The van der Waals surface area contributed by atoms with E-state index in [2.05, 4.69) is 0 Å². The zero-order valence-electron chi connectivity index (χ0n) is 5.69. The van der Waals surface area contributed by atoms with E-state index < -0.39 is 0 Å². The van der Waals surface area contributed by atoms with E-state index >= 15 is 0 Å². The first-order valence-corrected chi connectivity index (χ1v) is 3.88. The highest BCUT2D eigenvalue weighted by Crippen LogP contribution is 2.23. The Kier molecular flexibility index (Phi) is 2.77. The standard InChI is InChI=1S/C6H9NO2S/c1-7-2-5-10-6(7)9-4-3-8/h2-3,5-6H,4H2,1H3. The maximum Gasteiger partial charge on any atom is 0.182 e. The summed E-state index contributed by atoms with van der Waals surface area (Å²) in [5.74, 6) is 0. The summed E-state index contributed by atoms with van der Waals surface area (Å²) < 4.78 is 5.12. The Labute approximate surface area is 64.0 Å². The molecule has 1 unspecified atom stereocenters. The van der Waals surface area contributed by atoms with E-state index in [1.54, 1.807) is 11.8 Å². The van der Waals surface area contributed by atoms with E-state index in [4.69, 9.17) is 4.74 Å². The van der Waals surface area contributed by atoms with Crippen molar-refractivity contribution in [2.75, 3.05) is 13.7 Å². The number of rotatable bonds is 3. The van der Waals surface area contributed by atoms with Gasteiger partial charge in [0, 0.05) is 13.2 Å². The summed E-state index contributed by atoms with van der Waals surface area (Å²) in [6, 6.07) is 0. The molecule has 10 heavy (non-hydrogen) atoms. The summed E-state index contributed by atoms with van der Waals surface area (Å²) in [4.78, 5) is 11.8. The quantitative estimate of drug-likeness (QED) is 0.565. The first-order chi connectivity index (χ1) is 4.84. The third-order valence-corrected chi connectivity index (χ3v) is 2.11. The lowest BCUT2D eigenvalue weighted by molar-refractivity contribution is -0.113. The average molecular weight is 159 g/mol. The predicted octanol–water partition coefficient (Wildman–Crippen LogP) is 0.635. The molecule has 1 rings (SSSR count). The van der Waals surface area contributed by atoms with Crippen molar-refractivity contribution in [1.29, 1.82) is 0 Å². The normalized spacial score (nSPS) is 23.7. The van der Waals surface area contributed by atoms with E-state index in [1.807, 2.05) is 23.6 Å². The van der Waals surface area contributed by atoms with Crippen LogP contribution in [0.25, 0.3) is 0 Å². The smallest absolute Gasteiger partial charge is 0.182 e. The summed E-state index contributed by atoms with van der Waals surface area (Å²) in [5.41, 5.74) is -0.00907. The van der Waals surface area contributed by atoms with Gasteiger partial charge in [-0.1, -0.05) is 11.8 Å². The number of aldehydes is 1. The van der Waals surface area contributed by atoms with Gasteiger partial charge in [0.05, 0.1) is 0 Å². The summed E-state index contributed by atoms with van der Waals surface area (Å²) in [6.45, 7) is 0.170. The predicted molar refractivity (Wildman–Crippen MR) is 40.3 cm³/mol. The first kappa shape index (κ1) is 7.63. The fourth-order valence-corrected chi connectivity index (χ4v) is 1.46. The van der Waals surface area contributed by atoms with Gasteiger partial charge in [-0.15, -0.1) is 0 Å². The minimum absolute atomic E-state index is 0.00907. The number of thioether (sulfide) groups is 1. The molecule has 0 fully saturated rings. The number of hydrogen-bond donors (Lipinski definition) is 0. The van der Waals surface area contributed by atoms with Crippen molar-refractivity contribution >= 4 is 18.0 Å². The second kappa shape index (κ2) is 3.63. The van der Waals surface area contributed by atoms with Crippen LogP contribution in [-0.4, -0.2) is 30.4 Å². The maximum atomic E-state index is 9.90. The molecule has 0 saturated carbocycles. The van der Waals surface area contributed by atoms with Gasteiger partial charge in [-0.3, -0.25) is 0 Å². The van der Waals surface area contributed by atoms with Crippen LogP contribution in [0.15, 0.2) is 11.6 Å². The third-order valence-electron chi connectivity index (χ3n) is 1.13. The molecule has 1 atom stereocenters. The van der Waals surface area contributed by atoms with Crippen LogP contribution in [0.3, 0.4) is 0 Å². The van der Waals surface area contributed by atoms with Gasteiger partial charge < -0.3 is 14.4 Å². The lowest BCUT2D eigenvalue weighted by Gasteiger charge is -2.18. The second-order valence-corrected chi connectivity index (χ2v) is 2.84. The van der Waals surface area contributed by atoms with Gasteiger partial charge in [0.1, 0.15) is 12.9 Å². The molecule has 0 spiro atoms. The van der Waals surface area contributed by atoms with Crippen LogP contribution in [0.2, 0.25) is 0 Å². The molecule has 56 valence electrons. The Morgan fingerprint density at radius 1 is 1.90 bits per heavy atom. The molecule has 0 amide bonds. The summed E-state index contributed by atoms with van der Waals surface area (Å²) in [5, 5.41) is 1.94. The van der Waals surface area contributed by atoms with Crippen molar-refractivity contribution < 1.29 is 9.53 Å². The lowest BCUT2D eigenvalue weighted by Crippen LogP contribution is -2.23. The number of hydrogen-bond acceptors (Lipinski definition) is 4. The molecule has 0 N–H and O–H groups in total. The molecule has 0 bridgehead atoms. The largest absolute Gasteiger partial charge is 0.346 e. The van der Waals surface area contributed by atoms with Crippen LogP contribution in [0.4, 0.5) is 0 Å². The lowest BCUT2D eigenvalue weighted by atomic mass is 10.8. The minimum Gasteiger partial charge on any atom is -0.346 e. The van der Waals surface area contributed by atoms with E-state index in [0.29, 0.717) is 0 Å². The van der Waals surface area contributed by atoms with Crippen molar-refractivity contribution in [3.63, 3.8) is 0 Å². The van der Waals surface area contributed by atoms with Gasteiger partial charge in [0.25, 0.3) is 0 Å². The van der Waals surface area contributed by atoms with Crippen LogP contribution >= 0.6 is 11.8 Å². The van der Waals surface area contributed by atoms with Gasteiger partial charge in [-0.25, -0.2) is 0 Å². The van der Waals surface area contributed by atoms with Gasteiger partial charge in [-0.2, -0.15) is 0 Å². The van der Waals surface area contributed by atoms with Crippen molar-refractivity contribution in [3.8, 4) is 0 Å². The molecular weight excluding hydrogens is 150 g/mol. The van der Waals surface area contributed by atoms with Gasteiger partial charge in [0.15, 0.2) is 5.56 Å². The van der Waals surface area contributed by atoms with Crippen molar-refractivity contribution in [3.05, 3.63) is 11.6 Å². The molecule has 0 aliphatic carbocycles. The molecule has 0 aromatic heterocycles. The highest BCUT2D eigenvalue weighted by atomic mass is 32.2. The Balaban J connectivity index is 2.23. The van der Waals surface area contributed by atoms with Crippen molar-refractivity contribution in [1.82, 2.24) is 4.90 Å². The Bertz CT molecular complexity index is 149. The van der Waals surface area contributed by atoms with E-state index in [9.17, 15) is 4.79 Å². The highest BCUT2D eigenvalue weighted by molar-refractivity contribution is 8.02. The minimum atomic E-state index is -0.00907. The molecular formula is C6H9NO2S. The number of carbonyl (C=O) groups excluding carboxylic acids is 1.